The molecule has 0 radical (unpaired) electrons. The number of anilines is 2. The normalized spacial score (nSPS) is 13.7. The maximum Gasteiger partial charge on any atom is 0.419 e. The van der Waals surface area contributed by atoms with Crippen molar-refractivity contribution in [2.24, 2.45) is 0 Å². The highest BCUT2D eigenvalue weighted by molar-refractivity contribution is 9.10. The van der Waals surface area contributed by atoms with Crippen molar-refractivity contribution in [3.63, 3.8) is 0 Å². The van der Waals surface area contributed by atoms with Crippen molar-refractivity contribution in [1.29, 1.82) is 0 Å². The van der Waals surface area contributed by atoms with Gasteiger partial charge in [-0.2, -0.15) is 13.2 Å². The topological polar surface area (TPSA) is 100 Å². The van der Waals surface area contributed by atoms with Gasteiger partial charge in [0.2, 0.25) is 0 Å². The summed E-state index contributed by atoms with van der Waals surface area (Å²) in [5, 5.41) is 14.5. The molecule has 1 heterocycles. The molecule has 0 aliphatic rings. The van der Waals surface area contributed by atoms with E-state index in [9.17, 15) is 27.5 Å². The third-order valence-corrected chi connectivity index (χ3v) is 4.43. The summed E-state index contributed by atoms with van der Waals surface area (Å²) in [4.78, 5) is 16.8. The van der Waals surface area contributed by atoms with E-state index in [4.69, 9.17) is 5.73 Å². The lowest BCUT2D eigenvalue weighted by atomic mass is 10.0. The van der Waals surface area contributed by atoms with Gasteiger partial charge in [-0.1, -0.05) is 0 Å². The summed E-state index contributed by atoms with van der Waals surface area (Å²) in [7, 11) is 0. The minimum Gasteiger partial charge on any atom is -0.399 e. The van der Waals surface area contributed by atoms with Gasteiger partial charge in [-0.3, -0.25) is 4.79 Å². The number of aliphatic hydroxyl groups is 1. The van der Waals surface area contributed by atoms with E-state index >= 15 is 0 Å². The molecule has 0 saturated heterocycles. The standard InChI is InChI=1S/C18H19BrF4N4O2/c1-8(7-28)26-16-13(3-10(19)6-25-16)17(29)27-9(2)12-4-11(24)5-14(15(12)20)18(21,22)23/h3-6,8-9,28H,7,24H2,1-2H3,(H,25,26)(H,27,29)/t8-,9-/m1/s1. The van der Waals surface area contributed by atoms with E-state index in [0.29, 0.717) is 10.5 Å². The molecule has 0 saturated carbocycles. The number of pyridine rings is 1. The Morgan fingerprint density at radius 1 is 1.31 bits per heavy atom. The van der Waals surface area contributed by atoms with Crippen molar-refractivity contribution in [3.8, 4) is 0 Å². The Morgan fingerprint density at radius 2 is 1.97 bits per heavy atom. The molecule has 0 bridgehead atoms. The minimum atomic E-state index is -4.93. The summed E-state index contributed by atoms with van der Waals surface area (Å²) < 4.78 is 54.0. The predicted molar refractivity (Wildman–Crippen MR) is 104 cm³/mol. The second-order valence-electron chi connectivity index (χ2n) is 6.44. The van der Waals surface area contributed by atoms with Gasteiger partial charge in [-0.15, -0.1) is 0 Å². The molecule has 158 valence electrons. The molecule has 1 aromatic carbocycles. The number of alkyl halides is 3. The number of carbonyl (C=O) groups excluding carboxylic acids is 1. The van der Waals surface area contributed by atoms with Gasteiger partial charge in [0, 0.05) is 28.0 Å². The molecule has 0 fully saturated rings. The molecule has 6 nitrogen and oxygen atoms in total. The van der Waals surface area contributed by atoms with Crippen LogP contribution in [0.15, 0.2) is 28.9 Å². The molecule has 2 aromatic rings. The van der Waals surface area contributed by atoms with Crippen LogP contribution >= 0.6 is 15.9 Å². The first kappa shape index (κ1) is 22.9. The largest absolute Gasteiger partial charge is 0.419 e. The monoisotopic (exact) mass is 478 g/mol. The Balaban J connectivity index is 2.35. The summed E-state index contributed by atoms with van der Waals surface area (Å²) in [6.45, 7) is 2.78. The summed E-state index contributed by atoms with van der Waals surface area (Å²) in [6, 6.07) is 1.46. The van der Waals surface area contributed by atoms with E-state index in [1.54, 1.807) is 6.92 Å². The average Bonchev–Trinajstić information content (AvgIpc) is 2.63. The number of nitrogens with zero attached hydrogens (tertiary/aromatic N) is 1. The van der Waals surface area contributed by atoms with Gasteiger partial charge in [0.25, 0.3) is 5.91 Å². The first-order chi connectivity index (χ1) is 13.4. The van der Waals surface area contributed by atoms with E-state index in [1.165, 1.54) is 19.2 Å². The Kier molecular flexibility index (Phi) is 7.06. The first-order valence-electron chi connectivity index (χ1n) is 8.44. The van der Waals surface area contributed by atoms with Crippen LogP contribution in [-0.2, 0) is 6.18 Å². The van der Waals surface area contributed by atoms with Crippen molar-refractivity contribution in [2.45, 2.75) is 32.1 Å². The van der Waals surface area contributed by atoms with Gasteiger partial charge in [-0.25, -0.2) is 9.37 Å². The summed E-state index contributed by atoms with van der Waals surface area (Å²) >= 11 is 3.19. The van der Waals surface area contributed by atoms with Crippen LogP contribution < -0.4 is 16.4 Å². The summed E-state index contributed by atoms with van der Waals surface area (Å²) in [6.07, 6.45) is -3.50. The minimum absolute atomic E-state index is 0.0619. The molecule has 0 aliphatic heterocycles. The van der Waals surface area contributed by atoms with E-state index in [1.807, 2.05) is 0 Å². The van der Waals surface area contributed by atoms with E-state index in [-0.39, 0.29) is 23.7 Å². The smallest absolute Gasteiger partial charge is 0.399 e. The molecular formula is C18H19BrF4N4O2. The number of carbonyl (C=O) groups is 1. The Hall–Kier alpha value is -2.40. The molecule has 5 N–H and O–H groups in total. The van der Waals surface area contributed by atoms with E-state index < -0.39 is 41.1 Å². The lowest BCUT2D eigenvalue weighted by Gasteiger charge is -2.20. The Labute approximate surface area is 172 Å². The molecule has 11 heteroatoms. The van der Waals surface area contributed by atoms with Crippen LogP contribution in [0.1, 0.15) is 41.4 Å². The van der Waals surface area contributed by atoms with Crippen molar-refractivity contribution < 1.29 is 27.5 Å². The first-order valence-corrected chi connectivity index (χ1v) is 9.23. The number of hydrogen-bond donors (Lipinski definition) is 4. The lowest BCUT2D eigenvalue weighted by molar-refractivity contribution is -0.140. The van der Waals surface area contributed by atoms with Crippen LogP contribution in [0.25, 0.3) is 0 Å². The zero-order valence-electron chi connectivity index (χ0n) is 15.4. The highest BCUT2D eigenvalue weighted by atomic mass is 79.9. The number of benzene rings is 1. The molecule has 2 atom stereocenters. The third-order valence-electron chi connectivity index (χ3n) is 4.00. The SMILES string of the molecule is C[C@H](CO)Nc1ncc(Br)cc1C(=O)N[C@H](C)c1cc(N)cc(C(F)(F)F)c1F. The van der Waals surface area contributed by atoms with Gasteiger partial charge < -0.3 is 21.5 Å². The third kappa shape index (κ3) is 5.57. The fourth-order valence-corrected chi connectivity index (χ4v) is 2.88. The lowest BCUT2D eigenvalue weighted by Crippen LogP contribution is -2.30. The van der Waals surface area contributed by atoms with Crippen LogP contribution in [0.4, 0.5) is 29.1 Å². The average molecular weight is 479 g/mol. The van der Waals surface area contributed by atoms with Crippen molar-refractivity contribution in [1.82, 2.24) is 10.3 Å². The number of halogens is 5. The highest BCUT2D eigenvalue weighted by Crippen LogP contribution is 2.35. The maximum atomic E-state index is 14.4. The number of nitrogens with one attached hydrogen (secondary N) is 2. The van der Waals surface area contributed by atoms with Gasteiger partial charge in [0.15, 0.2) is 0 Å². The molecule has 1 aromatic heterocycles. The zero-order valence-corrected chi connectivity index (χ0v) is 17.0. The van der Waals surface area contributed by atoms with Crippen LogP contribution in [-0.4, -0.2) is 28.6 Å². The van der Waals surface area contributed by atoms with Gasteiger partial charge in [-0.05, 0) is 48.0 Å². The molecular weight excluding hydrogens is 460 g/mol. The van der Waals surface area contributed by atoms with Gasteiger partial charge in [0.1, 0.15) is 11.6 Å². The fraction of sp³-hybridized carbons (Fsp3) is 0.333. The van der Waals surface area contributed by atoms with Crippen molar-refractivity contribution in [2.75, 3.05) is 17.7 Å². The molecule has 29 heavy (non-hydrogen) atoms. The number of amides is 1. The molecule has 0 unspecified atom stereocenters. The number of nitrogen functional groups attached to an aromatic ring is 1. The van der Waals surface area contributed by atoms with Crippen LogP contribution in [0.5, 0.6) is 0 Å². The highest BCUT2D eigenvalue weighted by Gasteiger charge is 2.36. The predicted octanol–water partition coefficient (Wildman–Crippen LogP) is 3.87. The maximum absolute atomic E-state index is 14.4. The molecule has 2 rings (SSSR count). The second-order valence-corrected chi connectivity index (χ2v) is 7.36. The summed E-state index contributed by atoms with van der Waals surface area (Å²) in [5.74, 6) is -2.04. The number of aliphatic hydroxyl groups excluding tert-OH is 1. The van der Waals surface area contributed by atoms with Crippen LogP contribution in [0.2, 0.25) is 0 Å². The van der Waals surface area contributed by atoms with E-state index in [2.05, 4.69) is 31.5 Å². The van der Waals surface area contributed by atoms with Crippen molar-refractivity contribution >= 4 is 33.3 Å². The molecule has 0 spiro atoms. The Bertz CT molecular complexity index is 908. The fourth-order valence-electron chi connectivity index (χ4n) is 2.55. The second kappa shape index (κ2) is 8.95. The van der Waals surface area contributed by atoms with Crippen LogP contribution in [0.3, 0.4) is 0 Å². The quantitative estimate of drug-likeness (QED) is 0.373. The number of rotatable bonds is 6. The number of hydrogen-bond acceptors (Lipinski definition) is 5. The van der Waals surface area contributed by atoms with Crippen molar-refractivity contribution in [3.05, 3.63) is 51.4 Å². The Morgan fingerprint density at radius 3 is 2.55 bits per heavy atom. The molecule has 1 amide bonds. The van der Waals surface area contributed by atoms with Gasteiger partial charge in [0.05, 0.1) is 23.8 Å². The summed E-state index contributed by atoms with van der Waals surface area (Å²) in [5.41, 5.74) is 3.37. The zero-order chi connectivity index (χ0) is 21.9. The van der Waals surface area contributed by atoms with E-state index in [0.717, 1.165) is 6.07 Å². The molecule has 0 aliphatic carbocycles. The van der Waals surface area contributed by atoms with Gasteiger partial charge >= 0.3 is 6.18 Å². The van der Waals surface area contributed by atoms with Crippen LogP contribution in [0, 0.1) is 5.82 Å². The number of nitrogens with two attached hydrogens (primary N) is 1. The number of aromatic nitrogens is 1.